The van der Waals surface area contributed by atoms with E-state index in [2.05, 4.69) is 10.6 Å². The highest BCUT2D eigenvalue weighted by atomic mass is 19.3. The van der Waals surface area contributed by atoms with Crippen molar-refractivity contribution in [2.75, 3.05) is 18.5 Å². The molecule has 1 heterocycles. The molecule has 2 aromatic rings. The van der Waals surface area contributed by atoms with Crippen LogP contribution in [0.5, 0.6) is 5.75 Å². The number of amides is 3. The Hall–Kier alpha value is -3.16. The van der Waals surface area contributed by atoms with Crippen LogP contribution in [-0.4, -0.2) is 36.4 Å². The molecule has 0 bridgehead atoms. The van der Waals surface area contributed by atoms with Crippen molar-refractivity contribution in [3.05, 3.63) is 59.2 Å². The number of urea groups is 1. The lowest BCUT2D eigenvalue weighted by atomic mass is 9.98. The first kappa shape index (κ1) is 20.6. The number of rotatable bonds is 6. The highest BCUT2D eigenvalue weighted by Gasteiger charge is 2.22. The molecule has 0 saturated heterocycles. The van der Waals surface area contributed by atoms with E-state index < -0.39 is 13.0 Å². The Balaban J connectivity index is 1.57. The number of hydrogen-bond donors (Lipinski definition) is 2. The van der Waals surface area contributed by atoms with E-state index in [9.17, 15) is 18.4 Å². The molecule has 0 atom stereocenters. The summed E-state index contributed by atoms with van der Waals surface area (Å²) in [5, 5.41) is 5.68. The Bertz CT molecular complexity index is 889. The fourth-order valence-corrected chi connectivity index (χ4v) is 3.28. The monoisotopic (exact) mass is 403 g/mol. The van der Waals surface area contributed by atoms with Gasteiger partial charge in [0.2, 0.25) is 5.91 Å². The van der Waals surface area contributed by atoms with Gasteiger partial charge in [0, 0.05) is 32.2 Å². The van der Waals surface area contributed by atoms with Crippen LogP contribution in [0.25, 0.3) is 0 Å². The number of fused-ring (bicyclic) bond motifs is 1. The van der Waals surface area contributed by atoms with Crippen LogP contribution in [-0.2, 0) is 24.3 Å². The highest BCUT2D eigenvalue weighted by molar-refractivity contribution is 5.90. The average Bonchev–Trinajstić information content (AvgIpc) is 2.70. The zero-order valence-corrected chi connectivity index (χ0v) is 16.1. The summed E-state index contributed by atoms with van der Waals surface area (Å²) in [5.41, 5.74) is 3.60. The van der Waals surface area contributed by atoms with Gasteiger partial charge >= 0.3 is 6.03 Å². The van der Waals surface area contributed by atoms with Crippen LogP contribution < -0.4 is 15.4 Å². The molecule has 2 aromatic carbocycles. The first-order chi connectivity index (χ1) is 13.9. The predicted octanol–water partition coefficient (Wildman–Crippen LogP) is 3.56. The molecular weight excluding hydrogens is 380 g/mol. The van der Waals surface area contributed by atoms with Crippen molar-refractivity contribution in [2.45, 2.75) is 32.9 Å². The highest BCUT2D eigenvalue weighted by Crippen LogP contribution is 2.26. The molecule has 8 heteroatoms. The van der Waals surface area contributed by atoms with Crippen molar-refractivity contribution in [3.8, 4) is 5.75 Å². The number of halogens is 2. The van der Waals surface area contributed by atoms with Crippen LogP contribution in [0.4, 0.5) is 19.3 Å². The van der Waals surface area contributed by atoms with Crippen LogP contribution in [0.1, 0.15) is 23.6 Å². The number of alkyl halides is 2. The third-order valence-electron chi connectivity index (χ3n) is 4.58. The zero-order valence-electron chi connectivity index (χ0n) is 16.1. The number of nitrogens with zero attached hydrogens (tertiary/aromatic N) is 1. The summed E-state index contributed by atoms with van der Waals surface area (Å²) in [6, 6.07) is 12.2. The fourth-order valence-electron chi connectivity index (χ4n) is 3.28. The van der Waals surface area contributed by atoms with Gasteiger partial charge in [-0.1, -0.05) is 24.3 Å². The van der Waals surface area contributed by atoms with E-state index in [0.717, 1.165) is 22.4 Å². The van der Waals surface area contributed by atoms with Crippen molar-refractivity contribution in [1.29, 1.82) is 0 Å². The molecule has 154 valence electrons. The second kappa shape index (κ2) is 9.36. The zero-order chi connectivity index (χ0) is 20.8. The molecule has 1 aliphatic heterocycles. The van der Waals surface area contributed by atoms with E-state index in [4.69, 9.17) is 4.74 Å². The molecule has 0 spiro atoms. The van der Waals surface area contributed by atoms with Crippen molar-refractivity contribution in [2.24, 2.45) is 0 Å². The molecule has 0 saturated carbocycles. The molecule has 0 unspecified atom stereocenters. The molecule has 0 fully saturated rings. The number of ether oxygens (including phenoxy) is 1. The standard InChI is InChI=1S/C21H23F2N3O3/c1-14(27)25-19-7-3-5-16-12-26(9-8-18(16)19)21(28)24-11-15-4-2-6-17(10-15)29-13-20(22)23/h2-7,10,20H,8-9,11-13H2,1H3,(H,24,28)(H,25,27). The van der Waals surface area contributed by atoms with E-state index in [-0.39, 0.29) is 18.5 Å². The Morgan fingerprint density at radius 3 is 2.76 bits per heavy atom. The Labute approximate surface area is 167 Å². The predicted molar refractivity (Wildman–Crippen MR) is 105 cm³/mol. The van der Waals surface area contributed by atoms with Crippen LogP contribution in [0.3, 0.4) is 0 Å². The summed E-state index contributed by atoms with van der Waals surface area (Å²) in [6.45, 7) is 2.05. The lowest BCUT2D eigenvalue weighted by Crippen LogP contribution is -2.42. The Morgan fingerprint density at radius 1 is 1.21 bits per heavy atom. The summed E-state index contributed by atoms with van der Waals surface area (Å²) in [5.74, 6) is 0.216. The number of nitrogens with one attached hydrogen (secondary N) is 2. The number of carbonyl (C=O) groups is 2. The summed E-state index contributed by atoms with van der Waals surface area (Å²) >= 11 is 0. The Morgan fingerprint density at radius 2 is 2.00 bits per heavy atom. The van der Waals surface area contributed by atoms with Crippen molar-refractivity contribution < 1.29 is 23.1 Å². The third kappa shape index (κ3) is 5.66. The number of anilines is 1. The minimum absolute atomic E-state index is 0.127. The molecule has 0 aliphatic carbocycles. The maximum atomic E-state index is 12.6. The SMILES string of the molecule is CC(=O)Nc1cccc2c1CCN(C(=O)NCc1cccc(OCC(F)F)c1)C2. The average molecular weight is 403 g/mol. The largest absolute Gasteiger partial charge is 0.488 e. The maximum Gasteiger partial charge on any atom is 0.317 e. The van der Waals surface area contributed by atoms with Gasteiger partial charge < -0.3 is 20.3 Å². The van der Waals surface area contributed by atoms with Crippen LogP contribution in [0.2, 0.25) is 0 Å². The van der Waals surface area contributed by atoms with E-state index in [1.807, 2.05) is 18.2 Å². The van der Waals surface area contributed by atoms with Gasteiger partial charge in [-0.25, -0.2) is 13.6 Å². The van der Waals surface area contributed by atoms with Gasteiger partial charge in [0.1, 0.15) is 12.4 Å². The molecule has 0 aromatic heterocycles. The smallest absolute Gasteiger partial charge is 0.317 e. The van der Waals surface area contributed by atoms with Crippen molar-refractivity contribution in [1.82, 2.24) is 10.2 Å². The molecule has 29 heavy (non-hydrogen) atoms. The molecule has 6 nitrogen and oxygen atoms in total. The van der Waals surface area contributed by atoms with Gasteiger partial charge in [0.15, 0.2) is 0 Å². The van der Waals surface area contributed by atoms with E-state index in [0.29, 0.717) is 25.3 Å². The Kier molecular flexibility index (Phi) is 6.64. The van der Waals surface area contributed by atoms with Crippen molar-refractivity contribution in [3.63, 3.8) is 0 Å². The summed E-state index contributed by atoms with van der Waals surface area (Å²) in [7, 11) is 0. The molecule has 3 rings (SSSR count). The van der Waals surface area contributed by atoms with Crippen LogP contribution >= 0.6 is 0 Å². The van der Waals surface area contributed by atoms with Gasteiger partial charge in [0.25, 0.3) is 6.43 Å². The molecule has 0 radical (unpaired) electrons. The molecule has 1 aliphatic rings. The number of carbonyl (C=O) groups excluding carboxylic acids is 2. The van der Waals surface area contributed by atoms with Gasteiger partial charge in [-0.05, 0) is 41.3 Å². The van der Waals surface area contributed by atoms with Gasteiger partial charge in [-0.15, -0.1) is 0 Å². The van der Waals surface area contributed by atoms with Crippen LogP contribution in [0.15, 0.2) is 42.5 Å². The summed E-state index contributed by atoms with van der Waals surface area (Å²) < 4.78 is 29.5. The quantitative estimate of drug-likeness (QED) is 0.775. The lowest BCUT2D eigenvalue weighted by Gasteiger charge is -2.30. The van der Waals surface area contributed by atoms with E-state index >= 15 is 0 Å². The number of hydrogen-bond acceptors (Lipinski definition) is 3. The molecule has 3 amide bonds. The minimum atomic E-state index is -2.54. The van der Waals surface area contributed by atoms with Gasteiger partial charge in [0.05, 0.1) is 0 Å². The van der Waals surface area contributed by atoms with Gasteiger partial charge in [-0.3, -0.25) is 4.79 Å². The van der Waals surface area contributed by atoms with Crippen LogP contribution in [0, 0.1) is 0 Å². The third-order valence-corrected chi connectivity index (χ3v) is 4.58. The van der Waals surface area contributed by atoms with Gasteiger partial charge in [-0.2, -0.15) is 0 Å². The minimum Gasteiger partial charge on any atom is -0.488 e. The fraction of sp³-hybridized carbons (Fsp3) is 0.333. The molecular formula is C21H23F2N3O3. The summed E-state index contributed by atoms with van der Waals surface area (Å²) in [6.07, 6.45) is -1.89. The second-order valence-electron chi connectivity index (χ2n) is 6.80. The van der Waals surface area contributed by atoms with E-state index in [1.54, 1.807) is 29.2 Å². The maximum absolute atomic E-state index is 12.6. The number of benzene rings is 2. The first-order valence-electron chi connectivity index (χ1n) is 9.33. The first-order valence-corrected chi connectivity index (χ1v) is 9.33. The van der Waals surface area contributed by atoms with Crippen molar-refractivity contribution >= 4 is 17.6 Å². The second-order valence-corrected chi connectivity index (χ2v) is 6.80. The summed E-state index contributed by atoms with van der Waals surface area (Å²) in [4.78, 5) is 25.6. The normalized spacial score (nSPS) is 13.0. The molecule has 2 N–H and O–H groups in total. The lowest BCUT2D eigenvalue weighted by molar-refractivity contribution is -0.114. The van der Waals surface area contributed by atoms with E-state index in [1.165, 1.54) is 6.92 Å². The topological polar surface area (TPSA) is 70.7 Å².